The van der Waals surface area contributed by atoms with E-state index >= 15 is 0 Å². The molecule has 1 aromatic rings. The van der Waals surface area contributed by atoms with Crippen LogP contribution in [0.25, 0.3) is 0 Å². The van der Waals surface area contributed by atoms with Gasteiger partial charge in [0.2, 0.25) is 5.91 Å². The number of anilines is 1. The van der Waals surface area contributed by atoms with Gasteiger partial charge in [-0.25, -0.2) is 0 Å². The third-order valence-electron chi connectivity index (χ3n) is 2.84. The van der Waals surface area contributed by atoms with Crippen molar-refractivity contribution >= 4 is 11.6 Å². The van der Waals surface area contributed by atoms with Gasteiger partial charge < -0.3 is 9.64 Å². The van der Waals surface area contributed by atoms with E-state index in [2.05, 4.69) is 0 Å². The Kier molecular flexibility index (Phi) is 2.62. The molecule has 0 radical (unpaired) electrons. The first-order valence-electron chi connectivity index (χ1n) is 5.59. The van der Waals surface area contributed by atoms with Crippen LogP contribution in [0.4, 0.5) is 5.69 Å². The summed E-state index contributed by atoms with van der Waals surface area (Å²) in [5.41, 5.74) is 0.756. The van der Waals surface area contributed by atoms with Gasteiger partial charge in [0, 0.05) is 12.2 Å². The predicted molar refractivity (Wildman–Crippen MR) is 63.7 cm³/mol. The molecule has 0 saturated carbocycles. The number of hydrogen-bond donors (Lipinski definition) is 0. The number of nitrogens with zero attached hydrogens (tertiary/aromatic N) is 1. The van der Waals surface area contributed by atoms with Gasteiger partial charge >= 0.3 is 0 Å². The fourth-order valence-electron chi connectivity index (χ4n) is 1.91. The Morgan fingerprint density at radius 2 is 1.94 bits per heavy atom. The number of amides is 1. The third kappa shape index (κ3) is 1.77. The Morgan fingerprint density at radius 1 is 1.31 bits per heavy atom. The molecule has 0 unspecified atom stereocenters. The summed E-state index contributed by atoms with van der Waals surface area (Å²) in [6, 6.07) is 7.66. The van der Waals surface area contributed by atoms with Crippen molar-refractivity contribution in [1.29, 1.82) is 0 Å². The van der Waals surface area contributed by atoms with Gasteiger partial charge in [0.05, 0.1) is 12.0 Å². The molecule has 2 rings (SSSR count). The van der Waals surface area contributed by atoms with Gasteiger partial charge in [-0.1, -0.05) is 0 Å². The summed E-state index contributed by atoms with van der Waals surface area (Å²) < 4.78 is 5.36. The summed E-state index contributed by atoms with van der Waals surface area (Å²) >= 11 is 0. The number of β-lactam (4-membered cyclic amide) rings is 1. The zero-order chi connectivity index (χ0) is 11.8. The van der Waals surface area contributed by atoms with Crippen LogP contribution in [0.5, 0.6) is 5.75 Å². The normalized spacial score (nSPS) is 18.2. The van der Waals surface area contributed by atoms with Crippen LogP contribution < -0.4 is 9.64 Å². The lowest BCUT2D eigenvalue weighted by molar-refractivity contribution is -0.132. The van der Waals surface area contributed by atoms with Crippen LogP contribution in [-0.2, 0) is 4.79 Å². The molecular formula is C13H17NO2. The van der Waals surface area contributed by atoms with Crippen LogP contribution in [0.1, 0.15) is 20.8 Å². The lowest BCUT2D eigenvalue weighted by Crippen LogP contribution is -2.58. The molecule has 1 aliphatic rings. The van der Waals surface area contributed by atoms with Crippen LogP contribution in [0.3, 0.4) is 0 Å². The monoisotopic (exact) mass is 219 g/mol. The second-order valence-corrected chi connectivity index (χ2v) is 4.70. The van der Waals surface area contributed by atoms with Gasteiger partial charge in [0.25, 0.3) is 0 Å². The average molecular weight is 219 g/mol. The highest BCUT2D eigenvalue weighted by atomic mass is 16.5. The Balaban J connectivity index is 2.09. The number of hydrogen-bond acceptors (Lipinski definition) is 2. The first-order valence-corrected chi connectivity index (χ1v) is 5.59. The molecule has 0 N–H and O–H groups in total. The molecule has 0 aromatic heterocycles. The molecule has 0 spiro atoms. The molecule has 1 aliphatic heterocycles. The highest BCUT2D eigenvalue weighted by Crippen LogP contribution is 2.35. The maximum atomic E-state index is 11.8. The van der Waals surface area contributed by atoms with Gasteiger partial charge in [0.1, 0.15) is 5.75 Å². The molecule has 1 fully saturated rings. The quantitative estimate of drug-likeness (QED) is 0.731. The number of carbonyl (C=O) groups is 1. The van der Waals surface area contributed by atoms with Crippen molar-refractivity contribution in [3.05, 3.63) is 24.3 Å². The zero-order valence-electron chi connectivity index (χ0n) is 9.99. The fraction of sp³-hybridized carbons (Fsp3) is 0.462. The highest BCUT2D eigenvalue weighted by molar-refractivity contribution is 6.03. The second-order valence-electron chi connectivity index (χ2n) is 4.70. The maximum absolute atomic E-state index is 11.8. The molecule has 16 heavy (non-hydrogen) atoms. The van der Waals surface area contributed by atoms with Crippen LogP contribution in [-0.4, -0.2) is 19.1 Å². The molecule has 1 aromatic carbocycles. The second kappa shape index (κ2) is 3.81. The van der Waals surface area contributed by atoms with Crippen molar-refractivity contribution in [2.75, 3.05) is 18.1 Å². The molecule has 0 aliphatic carbocycles. The summed E-state index contributed by atoms with van der Waals surface area (Å²) in [5.74, 6) is 1.04. The summed E-state index contributed by atoms with van der Waals surface area (Å²) in [6.07, 6.45) is 0. The van der Waals surface area contributed by atoms with Crippen molar-refractivity contribution < 1.29 is 9.53 Å². The van der Waals surface area contributed by atoms with Crippen LogP contribution >= 0.6 is 0 Å². The SMILES string of the molecule is CCOc1ccc(N2CC(C)(C)C2=O)cc1. The van der Waals surface area contributed by atoms with E-state index in [0.717, 1.165) is 18.0 Å². The van der Waals surface area contributed by atoms with E-state index in [-0.39, 0.29) is 11.3 Å². The van der Waals surface area contributed by atoms with Gasteiger partial charge in [-0.05, 0) is 45.0 Å². The van der Waals surface area contributed by atoms with E-state index < -0.39 is 0 Å². The number of carbonyl (C=O) groups excluding carboxylic acids is 1. The standard InChI is InChI=1S/C13H17NO2/c1-4-16-11-7-5-10(6-8-11)14-9-13(2,3)12(14)15/h5-8H,4,9H2,1-3H3. The maximum Gasteiger partial charge on any atom is 0.234 e. The molecule has 3 nitrogen and oxygen atoms in total. The number of benzene rings is 1. The first-order chi connectivity index (χ1) is 7.54. The smallest absolute Gasteiger partial charge is 0.234 e. The van der Waals surface area contributed by atoms with E-state index in [4.69, 9.17) is 4.74 Å². The van der Waals surface area contributed by atoms with E-state index in [1.807, 2.05) is 45.0 Å². The molecule has 1 amide bonds. The average Bonchev–Trinajstić information content (AvgIpc) is 2.27. The van der Waals surface area contributed by atoms with Crippen molar-refractivity contribution in [1.82, 2.24) is 0 Å². The topological polar surface area (TPSA) is 29.5 Å². The van der Waals surface area contributed by atoms with E-state index in [0.29, 0.717) is 6.61 Å². The van der Waals surface area contributed by atoms with Crippen molar-refractivity contribution in [2.45, 2.75) is 20.8 Å². The minimum atomic E-state index is -0.196. The number of rotatable bonds is 3. The molecule has 0 atom stereocenters. The predicted octanol–water partition coefficient (Wildman–Crippen LogP) is 2.46. The zero-order valence-corrected chi connectivity index (χ0v) is 9.99. The minimum absolute atomic E-state index is 0.191. The van der Waals surface area contributed by atoms with Crippen LogP contribution in [0, 0.1) is 5.41 Å². The summed E-state index contributed by atoms with van der Waals surface area (Å²) in [6.45, 7) is 7.35. The van der Waals surface area contributed by atoms with E-state index in [9.17, 15) is 4.79 Å². The van der Waals surface area contributed by atoms with Gasteiger partial charge in [0.15, 0.2) is 0 Å². The Morgan fingerprint density at radius 3 is 2.38 bits per heavy atom. The minimum Gasteiger partial charge on any atom is -0.494 e. The molecule has 86 valence electrons. The Labute approximate surface area is 96.0 Å². The van der Waals surface area contributed by atoms with E-state index in [1.54, 1.807) is 4.90 Å². The summed E-state index contributed by atoms with van der Waals surface area (Å²) in [5, 5.41) is 0. The molecular weight excluding hydrogens is 202 g/mol. The van der Waals surface area contributed by atoms with Crippen molar-refractivity contribution in [2.24, 2.45) is 5.41 Å². The Hall–Kier alpha value is -1.51. The fourth-order valence-corrected chi connectivity index (χ4v) is 1.91. The Bertz CT molecular complexity index is 395. The molecule has 0 bridgehead atoms. The first kappa shape index (κ1) is 11.0. The van der Waals surface area contributed by atoms with Gasteiger partial charge in [-0.3, -0.25) is 4.79 Å². The summed E-state index contributed by atoms with van der Waals surface area (Å²) in [7, 11) is 0. The van der Waals surface area contributed by atoms with Crippen LogP contribution in [0.2, 0.25) is 0 Å². The molecule has 3 heteroatoms. The van der Waals surface area contributed by atoms with Gasteiger partial charge in [-0.2, -0.15) is 0 Å². The number of ether oxygens (including phenoxy) is 1. The third-order valence-corrected chi connectivity index (χ3v) is 2.84. The van der Waals surface area contributed by atoms with Crippen molar-refractivity contribution in [3.63, 3.8) is 0 Å². The summed E-state index contributed by atoms with van der Waals surface area (Å²) in [4.78, 5) is 13.6. The van der Waals surface area contributed by atoms with E-state index in [1.165, 1.54) is 0 Å². The lowest BCUT2D eigenvalue weighted by atomic mass is 9.83. The van der Waals surface area contributed by atoms with Crippen LogP contribution in [0.15, 0.2) is 24.3 Å². The lowest BCUT2D eigenvalue weighted by Gasteiger charge is -2.44. The van der Waals surface area contributed by atoms with Gasteiger partial charge in [-0.15, -0.1) is 0 Å². The molecule has 1 saturated heterocycles. The van der Waals surface area contributed by atoms with Crippen molar-refractivity contribution in [3.8, 4) is 5.75 Å². The highest BCUT2D eigenvalue weighted by Gasteiger charge is 2.44. The largest absolute Gasteiger partial charge is 0.494 e. The molecule has 1 heterocycles.